The Balaban J connectivity index is 1.87. The highest BCUT2D eigenvalue weighted by molar-refractivity contribution is 7.11. The third-order valence-electron chi connectivity index (χ3n) is 2.80. The summed E-state index contributed by atoms with van der Waals surface area (Å²) in [5.41, 5.74) is 0. The first-order valence-electron chi connectivity index (χ1n) is 5.74. The molecule has 1 saturated heterocycles. The molecule has 0 radical (unpaired) electrons. The first-order chi connectivity index (χ1) is 8.13. The van der Waals surface area contributed by atoms with Crippen molar-refractivity contribution in [2.45, 2.75) is 26.0 Å². The largest absolute Gasteiger partial charge is 0.481 e. The van der Waals surface area contributed by atoms with Crippen LogP contribution in [0.15, 0.2) is 12.1 Å². The molecule has 94 valence electrons. The van der Waals surface area contributed by atoms with Gasteiger partial charge in [-0.3, -0.25) is 9.69 Å². The lowest BCUT2D eigenvalue weighted by molar-refractivity contribution is -0.142. The second-order valence-corrected chi connectivity index (χ2v) is 5.71. The molecule has 1 aromatic rings. The molecule has 2 heterocycles. The van der Waals surface area contributed by atoms with Crippen LogP contribution in [0.25, 0.3) is 0 Å². The zero-order chi connectivity index (χ0) is 12.3. The van der Waals surface area contributed by atoms with Gasteiger partial charge in [-0.25, -0.2) is 0 Å². The Morgan fingerprint density at radius 3 is 3.12 bits per heavy atom. The van der Waals surface area contributed by atoms with Crippen LogP contribution in [0.1, 0.15) is 16.2 Å². The number of carboxylic acids is 1. The lowest BCUT2D eigenvalue weighted by Gasteiger charge is -2.31. The van der Waals surface area contributed by atoms with Gasteiger partial charge in [-0.2, -0.15) is 0 Å². The molecule has 1 N–H and O–H groups in total. The minimum absolute atomic E-state index is 0.0972. The summed E-state index contributed by atoms with van der Waals surface area (Å²) in [6.07, 6.45) is -0.0673. The molecule has 0 spiro atoms. The van der Waals surface area contributed by atoms with E-state index >= 15 is 0 Å². The Bertz CT molecular complexity index is 391. The number of thiophene rings is 1. The Morgan fingerprint density at radius 2 is 2.47 bits per heavy atom. The molecule has 1 unspecified atom stereocenters. The Hall–Kier alpha value is -0.910. The van der Waals surface area contributed by atoms with Gasteiger partial charge in [-0.05, 0) is 19.1 Å². The zero-order valence-electron chi connectivity index (χ0n) is 9.89. The lowest BCUT2D eigenvalue weighted by Crippen LogP contribution is -2.42. The molecule has 2 rings (SSSR count). The van der Waals surface area contributed by atoms with Crippen LogP contribution in [0.4, 0.5) is 0 Å². The van der Waals surface area contributed by atoms with Crippen molar-refractivity contribution in [1.82, 2.24) is 4.90 Å². The Morgan fingerprint density at radius 1 is 1.65 bits per heavy atom. The van der Waals surface area contributed by atoms with Crippen LogP contribution >= 0.6 is 11.3 Å². The van der Waals surface area contributed by atoms with E-state index in [1.54, 1.807) is 11.3 Å². The maximum Gasteiger partial charge on any atom is 0.306 e. The van der Waals surface area contributed by atoms with E-state index in [1.165, 1.54) is 9.75 Å². The van der Waals surface area contributed by atoms with Gasteiger partial charge < -0.3 is 9.84 Å². The summed E-state index contributed by atoms with van der Waals surface area (Å²) in [5, 5.41) is 8.75. The fraction of sp³-hybridized carbons (Fsp3) is 0.583. The first kappa shape index (κ1) is 12.5. The molecule has 0 bridgehead atoms. The highest BCUT2D eigenvalue weighted by atomic mass is 32.1. The highest BCUT2D eigenvalue weighted by Gasteiger charge is 2.22. The molecule has 5 heteroatoms. The van der Waals surface area contributed by atoms with E-state index in [1.807, 2.05) is 0 Å². The summed E-state index contributed by atoms with van der Waals surface area (Å²) >= 11 is 1.80. The van der Waals surface area contributed by atoms with Gasteiger partial charge in [0.1, 0.15) is 0 Å². The van der Waals surface area contributed by atoms with Gasteiger partial charge in [-0.15, -0.1) is 11.3 Å². The number of hydrogen-bond donors (Lipinski definition) is 1. The molecule has 1 aliphatic rings. The van der Waals surface area contributed by atoms with Crippen molar-refractivity contribution in [1.29, 1.82) is 0 Å². The van der Waals surface area contributed by atoms with Crippen LogP contribution in [0.5, 0.6) is 0 Å². The maximum atomic E-state index is 10.6. The average molecular weight is 255 g/mol. The number of carbonyl (C=O) groups is 1. The second kappa shape index (κ2) is 5.62. The van der Waals surface area contributed by atoms with E-state index in [4.69, 9.17) is 9.84 Å². The molecule has 17 heavy (non-hydrogen) atoms. The van der Waals surface area contributed by atoms with E-state index in [9.17, 15) is 4.79 Å². The SMILES string of the molecule is Cc1ccc(CN2CCOC(CC(=O)O)C2)s1. The number of aliphatic carboxylic acids is 1. The van der Waals surface area contributed by atoms with Gasteiger partial charge in [-0.1, -0.05) is 0 Å². The summed E-state index contributed by atoms with van der Waals surface area (Å²) < 4.78 is 5.44. The van der Waals surface area contributed by atoms with Gasteiger partial charge in [0.05, 0.1) is 19.1 Å². The molecule has 1 atom stereocenters. The van der Waals surface area contributed by atoms with Crippen molar-refractivity contribution < 1.29 is 14.6 Å². The molecule has 1 aromatic heterocycles. The van der Waals surface area contributed by atoms with Crippen LogP contribution in [0, 0.1) is 6.92 Å². The third kappa shape index (κ3) is 3.80. The average Bonchev–Trinajstić information content (AvgIpc) is 2.63. The number of carboxylic acid groups (broad SMARTS) is 1. The van der Waals surface area contributed by atoms with E-state index in [2.05, 4.69) is 24.0 Å². The smallest absolute Gasteiger partial charge is 0.306 e. The maximum absolute atomic E-state index is 10.6. The zero-order valence-corrected chi connectivity index (χ0v) is 10.7. The van der Waals surface area contributed by atoms with E-state index in [-0.39, 0.29) is 12.5 Å². The number of nitrogens with zero attached hydrogens (tertiary/aromatic N) is 1. The molecule has 4 nitrogen and oxygen atoms in total. The van der Waals surface area contributed by atoms with Crippen molar-refractivity contribution in [3.8, 4) is 0 Å². The van der Waals surface area contributed by atoms with Gasteiger partial charge >= 0.3 is 5.97 Å². The van der Waals surface area contributed by atoms with E-state index in [0.717, 1.165) is 13.1 Å². The highest BCUT2D eigenvalue weighted by Crippen LogP contribution is 2.19. The van der Waals surface area contributed by atoms with Crippen LogP contribution in [0.2, 0.25) is 0 Å². The normalized spacial score (nSPS) is 21.6. The molecule has 0 saturated carbocycles. The minimum Gasteiger partial charge on any atom is -0.481 e. The topological polar surface area (TPSA) is 49.8 Å². The minimum atomic E-state index is -0.788. The van der Waals surface area contributed by atoms with Crippen LogP contribution in [-0.4, -0.2) is 41.8 Å². The van der Waals surface area contributed by atoms with Crippen molar-refractivity contribution >= 4 is 17.3 Å². The molecular weight excluding hydrogens is 238 g/mol. The van der Waals surface area contributed by atoms with E-state index < -0.39 is 5.97 Å². The quantitative estimate of drug-likeness (QED) is 0.890. The van der Waals surface area contributed by atoms with Crippen LogP contribution < -0.4 is 0 Å². The van der Waals surface area contributed by atoms with Crippen molar-refractivity contribution in [3.05, 3.63) is 21.9 Å². The fourth-order valence-corrected chi connectivity index (χ4v) is 2.97. The van der Waals surface area contributed by atoms with Crippen LogP contribution in [0.3, 0.4) is 0 Å². The summed E-state index contributed by atoms with van der Waals surface area (Å²) in [7, 11) is 0. The van der Waals surface area contributed by atoms with Gasteiger partial charge in [0.25, 0.3) is 0 Å². The fourth-order valence-electron chi connectivity index (χ4n) is 2.03. The lowest BCUT2D eigenvalue weighted by atomic mass is 10.2. The summed E-state index contributed by atoms with van der Waals surface area (Å²) in [5.74, 6) is -0.788. The Kier molecular flexibility index (Phi) is 4.15. The number of rotatable bonds is 4. The monoisotopic (exact) mass is 255 g/mol. The van der Waals surface area contributed by atoms with E-state index in [0.29, 0.717) is 13.2 Å². The Labute approximate surface area is 105 Å². The predicted molar refractivity (Wildman–Crippen MR) is 66.3 cm³/mol. The number of aryl methyl sites for hydroxylation is 1. The molecule has 0 aliphatic carbocycles. The number of morpholine rings is 1. The second-order valence-electron chi connectivity index (χ2n) is 4.34. The van der Waals surface area contributed by atoms with Crippen LogP contribution in [-0.2, 0) is 16.1 Å². The number of hydrogen-bond acceptors (Lipinski definition) is 4. The molecule has 0 amide bonds. The van der Waals surface area contributed by atoms with Crippen molar-refractivity contribution in [2.75, 3.05) is 19.7 Å². The molecular formula is C12H17NO3S. The van der Waals surface area contributed by atoms with Gasteiger partial charge in [0, 0.05) is 29.4 Å². The predicted octanol–water partition coefficient (Wildman–Crippen LogP) is 1.73. The first-order valence-corrected chi connectivity index (χ1v) is 6.56. The summed E-state index contributed by atoms with van der Waals surface area (Å²) in [6, 6.07) is 4.26. The van der Waals surface area contributed by atoms with Crippen molar-refractivity contribution in [2.24, 2.45) is 0 Å². The third-order valence-corrected chi connectivity index (χ3v) is 3.79. The molecule has 0 aromatic carbocycles. The summed E-state index contributed by atoms with van der Waals surface area (Å²) in [6.45, 7) is 5.22. The molecule has 1 aliphatic heterocycles. The standard InChI is InChI=1S/C12H17NO3S/c1-9-2-3-11(17-9)8-13-4-5-16-10(7-13)6-12(14)15/h2-3,10H,4-8H2,1H3,(H,14,15). The number of ether oxygens (including phenoxy) is 1. The van der Waals surface area contributed by atoms with Crippen molar-refractivity contribution in [3.63, 3.8) is 0 Å². The van der Waals surface area contributed by atoms with Gasteiger partial charge in [0.2, 0.25) is 0 Å². The summed E-state index contributed by atoms with van der Waals surface area (Å²) in [4.78, 5) is 15.6. The molecule has 1 fully saturated rings. The van der Waals surface area contributed by atoms with Gasteiger partial charge in [0.15, 0.2) is 0 Å².